The van der Waals surface area contributed by atoms with E-state index in [1.54, 1.807) is 0 Å². The maximum absolute atomic E-state index is 6.27. The maximum atomic E-state index is 6.27. The van der Waals surface area contributed by atoms with Crippen molar-refractivity contribution in [2.45, 2.75) is 58.4 Å². The molecule has 20 heavy (non-hydrogen) atoms. The van der Waals surface area contributed by atoms with E-state index in [1.807, 2.05) is 0 Å². The smallest absolute Gasteiger partial charge is 0.0332 e. The van der Waals surface area contributed by atoms with Gasteiger partial charge in [0.15, 0.2) is 0 Å². The Balaban J connectivity index is 1.99. The van der Waals surface area contributed by atoms with Crippen LogP contribution in [0.2, 0.25) is 0 Å². The SMILES string of the molecule is CCN1CCN(C2(CN)CCCC(C(C)C)CC2)CC1. The van der Waals surface area contributed by atoms with Crippen LogP contribution in [0.15, 0.2) is 0 Å². The predicted molar refractivity (Wildman–Crippen MR) is 86.9 cm³/mol. The van der Waals surface area contributed by atoms with Gasteiger partial charge in [-0.2, -0.15) is 0 Å². The number of hydrogen-bond donors (Lipinski definition) is 1. The van der Waals surface area contributed by atoms with Crippen LogP contribution >= 0.6 is 0 Å². The second kappa shape index (κ2) is 7.24. The Bertz CT molecular complexity index is 284. The molecule has 3 nitrogen and oxygen atoms in total. The van der Waals surface area contributed by atoms with E-state index >= 15 is 0 Å². The van der Waals surface area contributed by atoms with Gasteiger partial charge in [-0.25, -0.2) is 0 Å². The summed E-state index contributed by atoms with van der Waals surface area (Å²) in [6, 6.07) is 0. The van der Waals surface area contributed by atoms with Gasteiger partial charge in [-0.15, -0.1) is 0 Å². The van der Waals surface area contributed by atoms with Crippen LogP contribution in [0.5, 0.6) is 0 Å². The molecule has 0 amide bonds. The van der Waals surface area contributed by atoms with Gasteiger partial charge in [0.1, 0.15) is 0 Å². The zero-order chi connectivity index (χ0) is 14.6. The molecule has 2 atom stereocenters. The highest BCUT2D eigenvalue weighted by Crippen LogP contribution is 2.37. The zero-order valence-corrected chi connectivity index (χ0v) is 13.9. The fraction of sp³-hybridized carbons (Fsp3) is 1.00. The summed E-state index contributed by atoms with van der Waals surface area (Å²) in [5.74, 6) is 1.75. The van der Waals surface area contributed by atoms with Crippen molar-refractivity contribution in [1.29, 1.82) is 0 Å². The summed E-state index contributed by atoms with van der Waals surface area (Å²) in [5.41, 5.74) is 6.58. The number of rotatable bonds is 4. The van der Waals surface area contributed by atoms with Gasteiger partial charge in [0.05, 0.1) is 0 Å². The quantitative estimate of drug-likeness (QED) is 0.804. The molecule has 2 aliphatic rings. The first-order valence-corrected chi connectivity index (χ1v) is 8.79. The van der Waals surface area contributed by atoms with E-state index in [0.717, 1.165) is 18.4 Å². The lowest BCUT2D eigenvalue weighted by molar-refractivity contribution is 0.0269. The summed E-state index contributed by atoms with van der Waals surface area (Å²) < 4.78 is 0. The Morgan fingerprint density at radius 2 is 1.80 bits per heavy atom. The van der Waals surface area contributed by atoms with Crippen molar-refractivity contribution < 1.29 is 0 Å². The zero-order valence-electron chi connectivity index (χ0n) is 13.9. The van der Waals surface area contributed by atoms with E-state index in [1.165, 1.54) is 64.8 Å². The highest BCUT2D eigenvalue weighted by atomic mass is 15.3. The lowest BCUT2D eigenvalue weighted by Crippen LogP contribution is -2.60. The fourth-order valence-electron chi connectivity index (χ4n) is 4.27. The van der Waals surface area contributed by atoms with Crippen molar-refractivity contribution in [2.24, 2.45) is 17.6 Å². The molecule has 1 aliphatic carbocycles. The van der Waals surface area contributed by atoms with Gasteiger partial charge < -0.3 is 10.6 Å². The first-order chi connectivity index (χ1) is 9.61. The van der Waals surface area contributed by atoms with Gasteiger partial charge in [-0.1, -0.05) is 33.6 Å². The first-order valence-electron chi connectivity index (χ1n) is 8.79. The third-order valence-corrected chi connectivity index (χ3v) is 6.01. The van der Waals surface area contributed by atoms with Crippen molar-refractivity contribution in [2.75, 3.05) is 39.3 Å². The summed E-state index contributed by atoms with van der Waals surface area (Å²) in [5, 5.41) is 0. The van der Waals surface area contributed by atoms with Gasteiger partial charge in [-0.05, 0) is 37.6 Å². The van der Waals surface area contributed by atoms with E-state index in [9.17, 15) is 0 Å². The average molecular weight is 281 g/mol. The topological polar surface area (TPSA) is 32.5 Å². The highest BCUT2D eigenvalue weighted by molar-refractivity contribution is 4.96. The standard InChI is InChI=1S/C17H35N3/c1-4-19-10-12-20(13-11-19)17(14-18)8-5-6-16(7-9-17)15(2)3/h15-16H,4-14,18H2,1-3H3. The summed E-state index contributed by atoms with van der Waals surface area (Å²) in [7, 11) is 0. The van der Waals surface area contributed by atoms with Gasteiger partial charge in [0.2, 0.25) is 0 Å². The third-order valence-electron chi connectivity index (χ3n) is 6.01. The lowest BCUT2D eigenvalue weighted by Gasteiger charge is -2.47. The van der Waals surface area contributed by atoms with E-state index < -0.39 is 0 Å². The molecule has 2 rings (SSSR count). The van der Waals surface area contributed by atoms with Crippen LogP contribution in [-0.4, -0.2) is 54.6 Å². The van der Waals surface area contributed by atoms with E-state index in [4.69, 9.17) is 5.73 Å². The molecule has 3 heteroatoms. The molecule has 0 spiro atoms. The molecule has 0 radical (unpaired) electrons. The second-order valence-corrected chi connectivity index (χ2v) is 7.28. The molecule has 2 fully saturated rings. The molecule has 1 saturated heterocycles. The van der Waals surface area contributed by atoms with Gasteiger partial charge in [-0.3, -0.25) is 4.90 Å². The summed E-state index contributed by atoms with van der Waals surface area (Å²) >= 11 is 0. The van der Waals surface area contributed by atoms with Crippen LogP contribution in [-0.2, 0) is 0 Å². The summed E-state index contributed by atoms with van der Waals surface area (Å²) in [6.07, 6.45) is 6.79. The number of nitrogens with two attached hydrogens (primary N) is 1. The Kier molecular flexibility index (Phi) is 5.88. The molecule has 0 aromatic heterocycles. The van der Waals surface area contributed by atoms with E-state index in [-0.39, 0.29) is 0 Å². The maximum Gasteiger partial charge on any atom is 0.0332 e. The van der Waals surface area contributed by atoms with Crippen molar-refractivity contribution in [3.63, 3.8) is 0 Å². The van der Waals surface area contributed by atoms with Crippen molar-refractivity contribution >= 4 is 0 Å². The number of piperazine rings is 1. The number of nitrogens with zero attached hydrogens (tertiary/aromatic N) is 2. The van der Waals surface area contributed by atoms with Crippen molar-refractivity contribution in [3.05, 3.63) is 0 Å². The molecule has 1 heterocycles. The minimum Gasteiger partial charge on any atom is -0.329 e. The molecule has 0 aromatic carbocycles. The van der Waals surface area contributed by atoms with Crippen molar-refractivity contribution in [1.82, 2.24) is 9.80 Å². The largest absolute Gasteiger partial charge is 0.329 e. The monoisotopic (exact) mass is 281 g/mol. The van der Waals surface area contributed by atoms with Crippen LogP contribution in [0.25, 0.3) is 0 Å². The molecule has 0 aromatic rings. The summed E-state index contributed by atoms with van der Waals surface area (Å²) in [6.45, 7) is 14.0. The molecular formula is C17H35N3. The number of hydrogen-bond acceptors (Lipinski definition) is 3. The van der Waals surface area contributed by atoms with Gasteiger partial charge in [0.25, 0.3) is 0 Å². The molecular weight excluding hydrogens is 246 g/mol. The fourth-order valence-corrected chi connectivity index (χ4v) is 4.27. The molecule has 2 N–H and O–H groups in total. The molecule has 1 aliphatic heterocycles. The van der Waals surface area contributed by atoms with Crippen LogP contribution in [0.4, 0.5) is 0 Å². The molecule has 118 valence electrons. The van der Waals surface area contributed by atoms with Crippen LogP contribution in [0.1, 0.15) is 52.9 Å². The minimum absolute atomic E-state index is 0.309. The third kappa shape index (κ3) is 3.55. The first kappa shape index (κ1) is 16.3. The highest BCUT2D eigenvalue weighted by Gasteiger charge is 2.38. The minimum atomic E-state index is 0.309. The van der Waals surface area contributed by atoms with Crippen LogP contribution in [0, 0.1) is 11.8 Å². The van der Waals surface area contributed by atoms with Crippen molar-refractivity contribution in [3.8, 4) is 0 Å². The van der Waals surface area contributed by atoms with Gasteiger partial charge >= 0.3 is 0 Å². The Morgan fingerprint density at radius 3 is 2.35 bits per heavy atom. The average Bonchev–Trinajstić information content (AvgIpc) is 2.71. The van der Waals surface area contributed by atoms with E-state index in [0.29, 0.717) is 5.54 Å². The Labute approximate surface area is 125 Å². The molecule has 1 saturated carbocycles. The normalized spacial score (nSPS) is 34.4. The summed E-state index contributed by atoms with van der Waals surface area (Å²) in [4.78, 5) is 5.30. The second-order valence-electron chi connectivity index (χ2n) is 7.28. The van der Waals surface area contributed by atoms with E-state index in [2.05, 4.69) is 30.6 Å². The van der Waals surface area contributed by atoms with Gasteiger partial charge in [0, 0.05) is 38.3 Å². The Hall–Kier alpha value is -0.120. The predicted octanol–water partition coefficient (Wildman–Crippen LogP) is 2.56. The van der Waals surface area contributed by atoms with Crippen LogP contribution in [0.3, 0.4) is 0 Å². The lowest BCUT2D eigenvalue weighted by atomic mass is 9.85. The van der Waals surface area contributed by atoms with Crippen LogP contribution < -0.4 is 5.73 Å². The Morgan fingerprint density at radius 1 is 1.10 bits per heavy atom. The molecule has 0 bridgehead atoms. The number of likely N-dealkylation sites (N-methyl/N-ethyl adjacent to an activating group) is 1. The molecule has 2 unspecified atom stereocenters.